The Morgan fingerprint density at radius 3 is 2.37 bits per heavy atom. The fourth-order valence-corrected chi connectivity index (χ4v) is 4.82. The maximum atomic E-state index is 12.9. The normalized spacial score (nSPS) is 16.6. The Labute approximate surface area is 157 Å². The van der Waals surface area contributed by atoms with Crippen LogP contribution in [0.4, 0.5) is 0 Å². The molecule has 0 saturated carbocycles. The predicted octanol–water partition coefficient (Wildman–Crippen LogP) is 2.40. The molecule has 1 aliphatic heterocycles. The van der Waals surface area contributed by atoms with Crippen LogP contribution in [0, 0.1) is 6.92 Å². The van der Waals surface area contributed by atoms with E-state index in [1.54, 1.807) is 6.07 Å². The lowest BCUT2D eigenvalue weighted by Gasteiger charge is -2.31. The van der Waals surface area contributed by atoms with E-state index in [2.05, 4.69) is 9.97 Å². The molecular formula is C19H21N3O4S. The molecule has 3 aromatic rings. The topological polar surface area (TPSA) is 95.3 Å². The summed E-state index contributed by atoms with van der Waals surface area (Å²) in [5, 5.41) is 0. The van der Waals surface area contributed by atoms with Crippen molar-refractivity contribution in [1.29, 1.82) is 0 Å². The van der Waals surface area contributed by atoms with E-state index in [1.807, 2.05) is 31.2 Å². The number of nitrogens with zero attached hydrogens (tertiary/aromatic N) is 1. The third-order valence-electron chi connectivity index (χ3n) is 4.85. The summed E-state index contributed by atoms with van der Waals surface area (Å²) < 4.78 is 33.3. The molecule has 1 aromatic heterocycles. The molecule has 2 heterocycles. The summed E-state index contributed by atoms with van der Waals surface area (Å²) >= 11 is 0. The zero-order valence-corrected chi connectivity index (χ0v) is 15.8. The third-order valence-corrected chi connectivity index (χ3v) is 6.74. The Kier molecular flexibility index (Phi) is 4.53. The van der Waals surface area contributed by atoms with E-state index in [0.29, 0.717) is 37.0 Å². The molecule has 0 unspecified atom stereocenters. The van der Waals surface area contributed by atoms with Gasteiger partial charge in [-0.1, -0.05) is 17.7 Å². The quantitative estimate of drug-likeness (QED) is 0.719. The van der Waals surface area contributed by atoms with Crippen molar-refractivity contribution in [2.24, 2.45) is 0 Å². The Morgan fingerprint density at radius 1 is 1.00 bits per heavy atom. The number of aromatic nitrogens is 2. The van der Waals surface area contributed by atoms with Crippen LogP contribution in [0.25, 0.3) is 11.0 Å². The van der Waals surface area contributed by atoms with Gasteiger partial charge in [0.15, 0.2) is 0 Å². The first-order chi connectivity index (χ1) is 12.9. The van der Waals surface area contributed by atoms with Gasteiger partial charge < -0.3 is 14.7 Å². The van der Waals surface area contributed by atoms with E-state index < -0.39 is 10.0 Å². The number of hydrogen-bond acceptors (Lipinski definition) is 4. The van der Waals surface area contributed by atoms with Crippen LogP contribution in [0.15, 0.2) is 52.2 Å². The van der Waals surface area contributed by atoms with Crippen molar-refractivity contribution in [3.05, 3.63) is 58.5 Å². The van der Waals surface area contributed by atoms with Crippen molar-refractivity contribution >= 4 is 21.1 Å². The number of fused-ring (bicyclic) bond motifs is 1. The molecule has 1 fully saturated rings. The minimum Gasteiger partial charge on any atom is -0.490 e. The van der Waals surface area contributed by atoms with Crippen LogP contribution in [0.2, 0.25) is 0 Å². The van der Waals surface area contributed by atoms with Gasteiger partial charge in [0, 0.05) is 13.1 Å². The number of rotatable bonds is 4. The van der Waals surface area contributed by atoms with Crippen LogP contribution in [-0.2, 0) is 10.0 Å². The maximum absolute atomic E-state index is 12.9. The number of ether oxygens (including phenoxy) is 1. The van der Waals surface area contributed by atoms with Gasteiger partial charge >= 0.3 is 5.69 Å². The zero-order chi connectivity index (χ0) is 19.0. The molecule has 0 spiro atoms. The van der Waals surface area contributed by atoms with Gasteiger partial charge in [0.2, 0.25) is 10.0 Å². The maximum Gasteiger partial charge on any atom is 0.323 e. The number of piperidine rings is 1. The molecule has 0 aliphatic carbocycles. The van der Waals surface area contributed by atoms with E-state index in [0.717, 1.165) is 5.75 Å². The molecule has 142 valence electrons. The summed E-state index contributed by atoms with van der Waals surface area (Å²) in [6, 6.07) is 12.5. The van der Waals surface area contributed by atoms with Gasteiger partial charge in [0.25, 0.3) is 0 Å². The molecule has 0 radical (unpaired) electrons. The van der Waals surface area contributed by atoms with Gasteiger partial charge in [0.05, 0.1) is 15.9 Å². The Bertz CT molecular complexity index is 1110. The predicted molar refractivity (Wildman–Crippen MR) is 103 cm³/mol. The first-order valence-electron chi connectivity index (χ1n) is 8.87. The highest BCUT2D eigenvalue weighted by Crippen LogP contribution is 2.25. The van der Waals surface area contributed by atoms with E-state index in [9.17, 15) is 13.2 Å². The van der Waals surface area contributed by atoms with Crippen molar-refractivity contribution in [3.8, 4) is 5.75 Å². The first kappa shape index (κ1) is 17.8. The SMILES string of the molecule is Cc1ccc(OC2CCN(S(=O)(=O)c3ccc4[nH]c(=O)[nH]c4c3)CC2)cc1. The van der Waals surface area contributed by atoms with Crippen LogP contribution in [0.5, 0.6) is 5.75 Å². The summed E-state index contributed by atoms with van der Waals surface area (Å²) in [7, 11) is -3.60. The van der Waals surface area contributed by atoms with E-state index in [-0.39, 0.29) is 16.7 Å². The van der Waals surface area contributed by atoms with E-state index in [1.165, 1.54) is 22.0 Å². The molecule has 7 nitrogen and oxygen atoms in total. The number of sulfonamides is 1. The number of H-pyrrole nitrogens is 2. The van der Waals surface area contributed by atoms with Crippen molar-refractivity contribution in [3.63, 3.8) is 0 Å². The highest BCUT2D eigenvalue weighted by molar-refractivity contribution is 7.89. The minimum atomic E-state index is -3.60. The molecule has 27 heavy (non-hydrogen) atoms. The summed E-state index contributed by atoms with van der Waals surface area (Å²) in [5.74, 6) is 0.809. The Balaban J connectivity index is 1.45. The molecule has 1 saturated heterocycles. The second kappa shape index (κ2) is 6.86. The summed E-state index contributed by atoms with van der Waals surface area (Å²) in [6.45, 7) is 2.83. The van der Waals surface area contributed by atoms with Gasteiger partial charge in [-0.05, 0) is 50.1 Å². The lowest BCUT2D eigenvalue weighted by Crippen LogP contribution is -2.41. The summed E-state index contributed by atoms with van der Waals surface area (Å²) in [6.07, 6.45) is 1.27. The zero-order valence-electron chi connectivity index (χ0n) is 14.9. The molecule has 0 amide bonds. The second-order valence-corrected chi connectivity index (χ2v) is 8.76. The van der Waals surface area contributed by atoms with Crippen LogP contribution in [-0.4, -0.2) is 41.9 Å². The number of aromatic amines is 2. The number of imidazole rings is 1. The fraction of sp³-hybridized carbons (Fsp3) is 0.316. The van der Waals surface area contributed by atoms with Crippen LogP contribution in [0.1, 0.15) is 18.4 Å². The molecule has 2 N–H and O–H groups in total. The molecule has 4 rings (SSSR count). The highest BCUT2D eigenvalue weighted by atomic mass is 32.2. The van der Waals surface area contributed by atoms with Gasteiger partial charge in [0.1, 0.15) is 11.9 Å². The Morgan fingerprint density at radius 2 is 1.67 bits per heavy atom. The average Bonchev–Trinajstić information content (AvgIpc) is 3.03. The van der Waals surface area contributed by atoms with Crippen molar-refractivity contribution in [1.82, 2.24) is 14.3 Å². The standard InChI is InChI=1S/C19H21N3O4S/c1-13-2-4-14(5-3-13)26-15-8-10-22(11-9-15)27(24,25)16-6-7-17-18(12-16)21-19(23)20-17/h2-7,12,15H,8-11H2,1H3,(H2,20,21,23). The second-order valence-electron chi connectivity index (χ2n) is 6.82. The smallest absolute Gasteiger partial charge is 0.323 e. The monoisotopic (exact) mass is 387 g/mol. The van der Waals surface area contributed by atoms with Gasteiger partial charge in [-0.3, -0.25) is 0 Å². The van der Waals surface area contributed by atoms with Crippen molar-refractivity contribution in [2.75, 3.05) is 13.1 Å². The van der Waals surface area contributed by atoms with Gasteiger partial charge in [-0.25, -0.2) is 13.2 Å². The van der Waals surface area contributed by atoms with Crippen LogP contribution in [0.3, 0.4) is 0 Å². The van der Waals surface area contributed by atoms with Crippen molar-refractivity contribution in [2.45, 2.75) is 30.8 Å². The number of hydrogen-bond donors (Lipinski definition) is 2. The Hall–Kier alpha value is -2.58. The lowest BCUT2D eigenvalue weighted by atomic mass is 10.1. The number of benzene rings is 2. The average molecular weight is 387 g/mol. The van der Waals surface area contributed by atoms with Crippen LogP contribution < -0.4 is 10.4 Å². The third kappa shape index (κ3) is 3.63. The highest BCUT2D eigenvalue weighted by Gasteiger charge is 2.30. The van der Waals surface area contributed by atoms with Crippen LogP contribution >= 0.6 is 0 Å². The molecule has 8 heteroatoms. The summed E-state index contributed by atoms with van der Waals surface area (Å²) in [5.41, 5.74) is 1.89. The molecule has 0 atom stereocenters. The molecular weight excluding hydrogens is 366 g/mol. The fourth-order valence-electron chi connectivity index (χ4n) is 3.32. The molecule has 1 aliphatic rings. The van der Waals surface area contributed by atoms with E-state index in [4.69, 9.17) is 4.74 Å². The van der Waals surface area contributed by atoms with Gasteiger partial charge in [-0.15, -0.1) is 0 Å². The largest absolute Gasteiger partial charge is 0.490 e. The van der Waals surface area contributed by atoms with Gasteiger partial charge in [-0.2, -0.15) is 4.31 Å². The minimum absolute atomic E-state index is 0.00247. The summed E-state index contributed by atoms with van der Waals surface area (Å²) in [4.78, 5) is 16.8. The molecule has 2 aromatic carbocycles. The van der Waals surface area contributed by atoms with Crippen molar-refractivity contribution < 1.29 is 13.2 Å². The first-order valence-corrected chi connectivity index (χ1v) is 10.3. The lowest BCUT2D eigenvalue weighted by molar-refractivity contribution is 0.135. The number of aryl methyl sites for hydroxylation is 1. The number of nitrogens with one attached hydrogen (secondary N) is 2. The van der Waals surface area contributed by atoms with E-state index >= 15 is 0 Å². The molecule has 0 bridgehead atoms.